The van der Waals surface area contributed by atoms with Crippen LogP contribution in [-0.2, 0) is 17.6 Å². The van der Waals surface area contributed by atoms with Crippen LogP contribution in [-0.4, -0.2) is 19.8 Å². The van der Waals surface area contributed by atoms with E-state index in [-0.39, 0.29) is 0 Å². The number of nitrogens with one attached hydrogen (secondary N) is 1. The summed E-state index contributed by atoms with van der Waals surface area (Å²) in [7, 11) is 0. The Bertz CT molecular complexity index is 410. The quantitative estimate of drug-likeness (QED) is 0.880. The van der Waals surface area contributed by atoms with Gasteiger partial charge in [-0.1, -0.05) is 25.1 Å². The van der Waals surface area contributed by atoms with Crippen molar-refractivity contribution >= 4 is 0 Å². The summed E-state index contributed by atoms with van der Waals surface area (Å²) < 4.78 is 5.56. The van der Waals surface area contributed by atoms with Crippen molar-refractivity contribution in [2.45, 2.75) is 38.6 Å². The molecular weight excluding hydrogens is 222 g/mol. The summed E-state index contributed by atoms with van der Waals surface area (Å²) in [5.74, 6) is 0.643. The maximum atomic E-state index is 5.56. The number of hydrogen-bond acceptors (Lipinski definition) is 2. The van der Waals surface area contributed by atoms with Gasteiger partial charge < -0.3 is 10.1 Å². The molecule has 1 fully saturated rings. The highest BCUT2D eigenvalue weighted by Gasteiger charge is 2.27. The van der Waals surface area contributed by atoms with Gasteiger partial charge in [-0.25, -0.2) is 0 Å². The van der Waals surface area contributed by atoms with Gasteiger partial charge in [0.1, 0.15) is 0 Å². The average Bonchev–Trinajstić information content (AvgIpc) is 3.05. The van der Waals surface area contributed by atoms with E-state index in [1.165, 1.54) is 31.2 Å². The third-order valence-corrected chi connectivity index (χ3v) is 4.34. The number of hydrogen-bond donors (Lipinski definition) is 1. The van der Waals surface area contributed by atoms with Crippen LogP contribution in [0.3, 0.4) is 0 Å². The van der Waals surface area contributed by atoms with Gasteiger partial charge in [-0.15, -0.1) is 0 Å². The monoisotopic (exact) mass is 245 g/mol. The highest BCUT2D eigenvalue weighted by molar-refractivity contribution is 5.36. The number of aryl methyl sites for hydroxylation is 2. The minimum Gasteiger partial charge on any atom is -0.381 e. The van der Waals surface area contributed by atoms with E-state index in [0.29, 0.717) is 12.0 Å². The topological polar surface area (TPSA) is 21.3 Å². The summed E-state index contributed by atoms with van der Waals surface area (Å²) in [6.45, 7) is 5.06. The zero-order valence-electron chi connectivity index (χ0n) is 11.2. The van der Waals surface area contributed by atoms with Gasteiger partial charge in [0, 0.05) is 18.6 Å². The molecule has 0 spiro atoms. The molecule has 1 aliphatic carbocycles. The normalized spacial score (nSPS) is 24.2. The van der Waals surface area contributed by atoms with Crippen LogP contribution in [0.5, 0.6) is 0 Å². The zero-order chi connectivity index (χ0) is 12.4. The number of fused-ring (bicyclic) bond motifs is 1. The third-order valence-electron chi connectivity index (χ3n) is 4.34. The molecule has 3 rings (SSSR count). The molecule has 18 heavy (non-hydrogen) atoms. The first-order chi connectivity index (χ1) is 8.88. The molecule has 1 saturated heterocycles. The molecular formula is C16H23NO. The fourth-order valence-corrected chi connectivity index (χ4v) is 3.38. The van der Waals surface area contributed by atoms with E-state index in [1.54, 1.807) is 11.1 Å². The maximum Gasteiger partial charge on any atom is 0.0513 e. The van der Waals surface area contributed by atoms with Gasteiger partial charge >= 0.3 is 0 Å². The van der Waals surface area contributed by atoms with Gasteiger partial charge in [-0.05, 0) is 48.9 Å². The lowest BCUT2D eigenvalue weighted by Crippen LogP contribution is -2.28. The van der Waals surface area contributed by atoms with Crippen LogP contribution in [0.15, 0.2) is 18.2 Å². The van der Waals surface area contributed by atoms with Crippen LogP contribution in [0.25, 0.3) is 0 Å². The number of ether oxygens (including phenoxy) is 1. The third kappa shape index (κ3) is 2.32. The highest BCUT2D eigenvalue weighted by Crippen LogP contribution is 2.32. The average molecular weight is 245 g/mol. The molecule has 1 N–H and O–H groups in total. The van der Waals surface area contributed by atoms with Crippen LogP contribution in [0.1, 0.15) is 42.5 Å². The molecule has 0 bridgehead atoms. The summed E-state index contributed by atoms with van der Waals surface area (Å²) in [4.78, 5) is 0. The van der Waals surface area contributed by atoms with Crippen LogP contribution in [0.4, 0.5) is 0 Å². The van der Waals surface area contributed by atoms with Gasteiger partial charge in [0.15, 0.2) is 0 Å². The summed E-state index contributed by atoms with van der Waals surface area (Å²) in [6.07, 6.45) is 5.06. The number of rotatable bonds is 4. The summed E-state index contributed by atoms with van der Waals surface area (Å²) in [6, 6.07) is 7.59. The Labute approximate surface area is 110 Å². The zero-order valence-corrected chi connectivity index (χ0v) is 11.2. The van der Waals surface area contributed by atoms with Crippen molar-refractivity contribution in [1.82, 2.24) is 5.32 Å². The predicted octanol–water partition coefficient (Wildman–Crippen LogP) is 2.86. The Morgan fingerprint density at radius 3 is 3.00 bits per heavy atom. The molecule has 2 nitrogen and oxygen atoms in total. The van der Waals surface area contributed by atoms with Gasteiger partial charge in [0.05, 0.1) is 6.61 Å². The summed E-state index contributed by atoms with van der Waals surface area (Å²) in [5, 5.41) is 3.65. The molecule has 1 aromatic rings. The Morgan fingerprint density at radius 1 is 1.33 bits per heavy atom. The molecule has 0 radical (unpaired) electrons. The highest BCUT2D eigenvalue weighted by atomic mass is 16.5. The SMILES string of the molecule is CCNC(c1ccc2c(c1)CCC2)C1CCOC1. The minimum absolute atomic E-state index is 0.475. The molecule has 0 saturated carbocycles. The molecule has 0 aromatic heterocycles. The van der Waals surface area contributed by atoms with E-state index in [9.17, 15) is 0 Å². The summed E-state index contributed by atoms with van der Waals surface area (Å²) >= 11 is 0. The largest absolute Gasteiger partial charge is 0.381 e. The fraction of sp³-hybridized carbons (Fsp3) is 0.625. The van der Waals surface area contributed by atoms with Crippen molar-refractivity contribution in [2.24, 2.45) is 5.92 Å². The lowest BCUT2D eigenvalue weighted by molar-refractivity contribution is 0.177. The smallest absolute Gasteiger partial charge is 0.0513 e. The predicted molar refractivity (Wildman–Crippen MR) is 73.8 cm³/mol. The van der Waals surface area contributed by atoms with E-state index in [4.69, 9.17) is 4.74 Å². The van der Waals surface area contributed by atoms with Gasteiger partial charge in [-0.3, -0.25) is 0 Å². The first kappa shape index (κ1) is 12.2. The van der Waals surface area contributed by atoms with Crippen molar-refractivity contribution in [3.05, 3.63) is 34.9 Å². The molecule has 0 amide bonds. The Hall–Kier alpha value is -0.860. The van der Waals surface area contributed by atoms with Gasteiger partial charge in [0.2, 0.25) is 0 Å². The van der Waals surface area contributed by atoms with Crippen molar-refractivity contribution in [1.29, 1.82) is 0 Å². The van der Waals surface area contributed by atoms with Crippen LogP contribution in [0, 0.1) is 5.92 Å². The Balaban J connectivity index is 1.84. The van der Waals surface area contributed by atoms with Gasteiger partial charge in [-0.2, -0.15) is 0 Å². The standard InChI is InChI=1S/C16H23NO/c1-2-17-16(15-8-9-18-11-15)14-7-6-12-4-3-5-13(12)10-14/h6-7,10,15-17H,2-5,8-9,11H2,1H3. The van der Waals surface area contributed by atoms with Crippen LogP contribution in [0.2, 0.25) is 0 Å². The van der Waals surface area contributed by atoms with Gasteiger partial charge in [0.25, 0.3) is 0 Å². The van der Waals surface area contributed by atoms with E-state index in [2.05, 4.69) is 30.4 Å². The number of benzene rings is 1. The molecule has 1 heterocycles. The van der Waals surface area contributed by atoms with Crippen LogP contribution >= 0.6 is 0 Å². The minimum atomic E-state index is 0.475. The lowest BCUT2D eigenvalue weighted by atomic mass is 9.90. The van der Waals surface area contributed by atoms with Crippen molar-refractivity contribution in [2.75, 3.05) is 19.8 Å². The molecule has 2 atom stereocenters. The lowest BCUT2D eigenvalue weighted by Gasteiger charge is -2.24. The molecule has 2 aliphatic rings. The van der Waals surface area contributed by atoms with E-state index in [0.717, 1.165) is 19.8 Å². The molecule has 1 aromatic carbocycles. The maximum absolute atomic E-state index is 5.56. The summed E-state index contributed by atoms with van der Waals surface area (Å²) in [5.41, 5.74) is 4.61. The Morgan fingerprint density at radius 2 is 2.22 bits per heavy atom. The Kier molecular flexibility index (Phi) is 3.67. The second kappa shape index (κ2) is 5.41. The van der Waals surface area contributed by atoms with E-state index in [1.807, 2.05) is 0 Å². The molecule has 2 unspecified atom stereocenters. The first-order valence-corrected chi connectivity index (χ1v) is 7.31. The van der Waals surface area contributed by atoms with Crippen LogP contribution < -0.4 is 5.32 Å². The second-order valence-corrected chi connectivity index (χ2v) is 5.54. The molecule has 1 aliphatic heterocycles. The molecule has 2 heteroatoms. The van der Waals surface area contributed by atoms with Crippen molar-refractivity contribution in [3.8, 4) is 0 Å². The van der Waals surface area contributed by atoms with E-state index >= 15 is 0 Å². The first-order valence-electron chi connectivity index (χ1n) is 7.31. The fourth-order valence-electron chi connectivity index (χ4n) is 3.38. The second-order valence-electron chi connectivity index (χ2n) is 5.54. The molecule has 98 valence electrons. The van der Waals surface area contributed by atoms with Crippen molar-refractivity contribution in [3.63, 3.8) is 0 Å². The van der Waals surface area contributed by atoms with E-state index < -0.39 is 0 Å². The van der Waals surface area contributed by atoms with Crippen molar-refractivity contribution < 1.29 is 4.74 Å².